The Bertz CT molecular complexity index is 1310. The van der Waals surface area contributed by atoms with E-state index in [9.17, 15) is 14.4 Å². The summed E-state index contributed by atoms with van der Waals surface area (Å²) in [5.74, 6) is 2.25. The summed E-state index contributed by atoms with van der Waals surface area (Å²) in [5, 5.41) is 2.30. The molecule has 0 spiro atoms. The molecule has 198 valence electrons. The maximum Gasteiger partial charge on any atom is 0.335 e. The van der Waals surface area contributed by atoms with Crippen molar-refractivity contribution in [3.05, 3.63) is 53.1 Å². The Morgan fingerprint density at radius 1 is 0.816 bits per heavy atom. The molecule has 8 nitrogen and oxygen atoms in total. The van der Waals surface area contributed by atoms with Crippen LogP contribution in [0.2, 0.25) is 0 Å². The summed E-state index contributed by atoms with van der Waals surface area (Å²) in [6.45, 7) is 0. The highest BCUT2D eigenvalue weighted by Gasteiger charge is 2.51. The molecule has 4 saturated carbocycles. The second kappa shape index (κ2) is 9.19. The number of nitrogens with one attached hydrogen (secondary N) is 1. The van der Waals surface area contributed by atoms with Gasteiger partial charge in [0.05, 0.1) is 27.0 Å². The van der Waals surface area contributed by atoms with Crippen LogP contribution < -0.4 is 24.4 Å². The Kier molecular flexibility index (Phi) is 5.93. The van der Waals surface area contributed by atoms with Gasteiger partial charge >= 0.3 is 6.03 Å². The molecular formula is C30H32N2O6. The molecule has 4 bridgehead atoms. The molecule has 0 aromatic heterocycles. The molecule has 8 heteroatoms. The number of barbiturate groups is 1. The largest absolute Gasteiger partial charge is 0.496 e. The molecule has 1 aliphatic heterocycles. The van der Waals surface area contributed by atoms with Crippen LogP contribution in [0.5, 0.6) is 17.2 Å². The topological polar surface area (TPSA) is 94.2 Å². The predicted molar refractivity (Wildman–Crippen MR) is 141 cm³/mol. The summed E-state index contributed by atoms with van der Waals surface area (Å²) in [4.78, 5) is 40.1. The molecule has 4 amide bonds. The van der Waals surface area contributed by atoms with E-state index in [4.69, 9.17) is 14.2 Å². The number of hydrogen-bond acceptors (Lipinski definition) is 6. The van der Waals surface area contributed by atoms with Crippen LogP contribution in [-0.2, 0) is 15.0 Å². The van der Waals surface area contributed by atoms with Crippen LogP contribution >= 0.6 is 0 Å². The third-order valence-corrected chi connectivity index (χ3v) is 8.91. The highest BCUT2D eigenvalue weighted by atomic mass is 16.5. The second-order valence-corrected chi connectivity index (χ2v) is 11.2. The molecular weight excluding hydrogens is 484 g/mol. The molecule has 0 atom stereocenters. The molecule has 5 fully saturated rings. The number of rotatable bonds is 6. The first-order valence-corrected chi connectivity index (χ1v) is 13.2. The first-order valence-electron chi connectivity index (χ1n) is 13.2. The van der Waals surface area contributed by atoms with Gasteiger partial charge in [-0.1, -0.05) is 12.1 Å². The number of carbonyl (C=O) groups is 3. The lowest BCUT2D eigenvalue weighted by Gasteiger charge is -2.57. The quantitative estimate of drug-likeness (QED) is 0.436. The number of imide groups is 2. The number of nitrogens with zero attached hydrogens (tertiary/aromatic N) is 1. The molecule has 0 radical (unpaired) electrons. The van der Waals surface area contributed by atoms with E-state index in [1.165, 1.54) is 71.5 Å². The lowest BCUT2D eigenvalue weighted by atomic mass is 9.48. The van der Waals surface area contributed by atoms with Gasteiger partial charge in [-0.2, -0.15) is 0 Å². The number of benzene rings is 2. The summed E-state index contributed by atoms with van der Waals surface area (Å²) in [5.41, 5.74) is 2.20. The van der Waals surface area contributed by atoms with Crippen molar-refractivity contribution < 1.29 is 28.6 Å². The van der Waals surface area contributed by atoms with E-state index in [2.05, 4.69) is 17.4 Å². The fourth-order valence-electron chi connectivity index (χ4n) is 7.64. The van der Waals surface area contributed by atoms with Gasteiger partial charge in [-0.15, -0.1) is 0 Å². The van der Waals surface area contributed by atoms with Gasteiger partial charge in [0.25, 0.3) is 11.8 Å². The molecule has 1 saturated heterocycles. The number of carbonyl (C=O) groups excluding carboxylic acids is 3. The fourth-order valence-corrected chi connectivity index (χ4v) is 7.64. The first kappa shape index (κ1) is 24.5. The van der Waals surface area contributed by atoms with Crippen molar-refractivity contribution in [2.45, 2.75) is 43.9 Å². The van der Waals surface area contributed by atoms with Gasteiger partial charge < -0.3 is 14.2 Å². The van der Waals surface area contributed by atoms with Crippen LogP contribution in [0.1, 0.15) is 49.7 Å². The van der Waals surface area contributed by atoms with Crippen molar-refractivity contribution in [3.63, 3.8) is 0 Å². The Morgan fingerprint density at radius 3 is 1.92 bits per heavy atom. The van der Waals surface area contributed by atoms with Crippen molar-refractivity contribution in [3.8, 4) is 17.2 Å². The van der Waals surface area contributed by atoms with Crippen LogP contribution in [0.3, 0.4) is 0 Å². The Morgan fingerprint density at radius 2 is 1.37 bits per heavy atom. The van der Waals surface area contributed by atoms with Crippen molar-refractivity contribution in [2.24, 2.45) is 17.8 Å². The van der Waals surface area contributed by atoms with Gasteiger partial charge in [0.2, 0.25) is 0 Å². The molecule has 2 aromatic rings. The number of amides is 4. The van der Waals surface area contributed by atoms with E-state index < -0.39 is 17.8 Å². The minimum Gasteiger partial charge on any atom is -0.496 e. The number of hydrogen-bond donors (Lipinski definition) is 1. The van der Waals surface area contributed by atoms with Gasteiger partial charge in [-0.05, 0) is 91.5 Å². The van der Waals surface area contributed by atoms with Gasteiger partial charge in [0, 0.05) is 11.6 Å². The molecule has 0 unspecified atom stereocenters. The minimum absolute atomic E-state index is 0.180. The van der Waals surface area contributed by atoms with E-state index in [1.54, 1.807) is 12.1 Å². The van der Waals surface area contributed by atoms with Crippen molar-refractivity contribution in [2.75, 3.05) is 26.2 Å². The molecule has 38 heavy (non-hydrogen) atoms. The van der Waals surface area contributed by atoms with Crippen LogP contribution in [0.4, 0.5) is 10.5 Å². The number of urea groups is 1. The summed E-state index contributed by atoms with van der Waals surface area (Å²) >= 11 is 0. The van der Waals surface area contributed by atoms with Crippen molar-refractivity contribution in [1.82, 2.24) is 5.32 Å². The molecule has 4 aliphatic carbocycles. The molecule has 2 aromatic carbocycles. The van der Waals surface area contributed by atoms with Crippen LogP contribution in [0.15, 0.2) is 42.0 Å². The molecule has 7 rings (SSSR count). The third-order valence-electron chi connectivity index (χ3n) is 8.91. The monoisotopic (exact) mass is 516 g/mol. The molecule has 1 heterocycles. The highest BCUT2D eigenvalue weighted by molar-refractivity contribution is 6.39. The lowest BCUT2D eigenvalue weighted by Crippen LogP contribution is -2.54. The summed E-state index contributed by atoms with van der Waals surface area (Å²) < 4.78 is 16.1. The molecule has 5 aliphatic rings. The minimum atomic E-state index is -0.765. The number of methoxy groups -OCH3 is 3. The second-order valence-electron chi connectivity index (χ2n) is 11.2. The Labute approximate surface area is 221 Å². The Balaban J connectivity index is 1.31. The average Bonchev–Trinajstić information content (AvgIpc) is 2.90. The Hall–Kier alpha value is -3.81. The summed E-state index contributed by atoms with van der Waals surface area (Å²) in [7, 11) is 4.48. The van der Waals surface area contributed by atoms with Gasteiger partial charge in [-0.3, -0.25) is 14.9 Å². The van der Waals surface area contributed by atoms with E-state index in [1.807, 2.05) is 12.1 Å². The SMILES string of the molecule is COc1cc(OC)c(OC)cc1/C=C1\C(=O)NC(=O)N(c2ccc(C34CC5CC(CC(C5)C3)C4)cc2)C1=O. The maximum absolute atomic E-state index is 13.5. The smallest absolute Gasteiger partial charge is 0.335 e. The zero-order chi connectivity index (χ0) is 26.6. The summed E-state index contributed by atoms with van der Waals surface area (Å²) in [6.07, 6.45) is 9.21. The number of ether oxygens (including phenoxy) is 3. The fraction of sp³-hybridized carbons (Fsp3) is 0.433. The van der Waals surface area contributed by atoms with Gasteiger partial charge in [0.15, 0.2) is 11.5 Å². The van der Waals surface area contributed by atoms with E-state index in [-0.39, 0.29) is 11.0 Å². The van der Waals surface area contributed by atoms with Crippen LogP contribution in [0.25, 0.3) is 6.08 Å². The zero-order valence-corrected chi connectivity index (χ0v) is 21.9. The number of anilines is 1. The average molecular weight is 517 g/mol. The van der Waals surface area contributed by atoms with Crippen molar-refractivity contribution in [1.29, 1.82) is 0 Å². The normalized spacial score (nSPS) is 29.0. The first-order chi connectivity index (χ1) is 18.3. The zero-order valence-electron chi connectivity index (χ0n) is 21.9. The van der Waals surface area contributed by atoms with Gasteiger partial charge in [0.1, 0.15) is 11.3 Å². The van der Waals surface area contributed by atoms with E-state index in [0.29, 0.717) is 28.5 Å². The van der Waals surface area contributed by atoms with Crippen molar-refractivity contribution >= 4 is 29.6 Å². The van der Waals surface area contributed by atoms with Gasteiger partial charge in [-0.25, -0.2) is 9.69 Å². The van der Waals surface area contributed by atoms with Crippen LogP contribution in [0, 0.1) is 17.8 Å². The lowest BCUT2D eigenvalue weighted by molar-refractivity contribution is -0.122. The molecule has 1 N–H and O–H groups in total. The van der Waals surface area contributed by atoms with Crippen LogP contribution in [-0.4, -0.2) is 39.2 Å². The predicted octanol–water partition coefficient (Wildman–Crippen LogP) is 4.85. The maximum atomic E-state index is 13.5. The standard InChI is InChI=1S/C30H32N2O6/c1-36-24-13-26(38-3)25(37-2)12-20(24)11-23-27(33)31-29(35)32(28(23)34)22-6-4-21(5-7-22)30-14-17-8-18(15-30)10-19(9-17)16-30/h4-7,11-13,17-19H,8-10,14-16H2,1-3H3,(H,31,33,35)/b23-11+. The summed E-state index contributed by atoms with van der Waals surface area (Å²) in [6, 6.07) is 10.3. The third kappa shape index (κ3) is 3.94. The van der Waals surface area contributed by atoms with E-state index >= 15 is 0 Å². The highest BCUT2D eigenvalue weighted by Crippen LogP contribution is 2.60. The van der Waals surface area contributed by atoms with E-state index in [0.717, 1.165) is 22.7 Å².